The molecule has 1 aromatic carbocycles. The molecule has 3 heterocycles. The molecule has 4 rings (SSSR count). The second-order valence-corrected chi connectivity index (χ2v) is 7.21. The first-order valence-corrected chi connectivity index (χ1v) is 9.08. The molecular weight excluding hydrogens is 330 g/mol. The standard InChI is InChI=1S/C20H23N3O3/c1-13(24)21-17-5-3-2-4-16(17)18-6-7-19(26-18)20(25)22-15-10-14-8-9-23(11-14)12-15/h2-7,14-15H,8-12H2,1H3,(H,21,24)(H,22,25). The SMILES string of the molecule is CC(=O)Nc1ccccc1-c1ccc(C(=O)NC2CC3CCN(C3)C2)o1. The molecule has 3 atom stereocenters. The predicted molar refractivity (Wildman–Crippen MR) is 98.9 cm³/mol. The van der Waals surface area contributed by atoms with Gasteiger partial charge >= 0.3 is 0 Å². The lowest BCUT2D eigenvalue weighted by molar-refractivity contribution is -0.114. The van der Waals surface area contributed by atoms with E-state index in [1.165, 1.54) is 13.3 Å². The largest absolute Gasteiger partial charge is 0.451 e. The van der Waals surface area contributed by atoms with Crippen LogP contribution in [0.15, 0.2) is 40.8 Å². The molecule has 6 heteroatoms. The molecule has 2 amide bonds. The number of nitrogens with zero attached hydrogens (tertiary/aromatic N) is 1. The maximum absolute atomic E-state index is 12.6. The van der Waals surface area contributed by atoms with Gasteiger partial charge in [-0.05, 0) is 49.6 Å². The molecule has 0 spiro atoms. The third-order valence-corrected chi connectivity index (χ3v) is 5.13. The van der Waals surface area contributed by atoms with E-state index in [0.29, 0.717) is 23.1 Å². The van der Waals surface area contributed by atoms with Crippen molar-refractivity contribution in [3.05, 3.63) is 42.2 Å². The Morgan fingerprint density at radius 3 is 2.81 bits per heavy atom. The summed E-state index contributed by atoms with van der Waals surface area (Å²) in [5, 5.41) is 5.89. The molecule has 2 aliphatic heterocycles. The van der Waals surface area contributed by atoms with Crippen LogP contribution in [0.3, 0.4) is 0 Å². The molecule has 2 aliphatic rings. The molecule has 6 nitrogen and oxygen atoms in total. The van der Waals surface area contributed by atoms with Gasteiger partial charge in [-0.25, -0.2) is 0 Å². The van der Waals surface area contributed by atoms with Gasteiger partial charge in [-0.2, -0.15) is 0 Å². The highest BCUT2D eigenvalue weighted by Crippen LogP contribution is 2.30. The minimum atomic E-state index is -0.180. The number of hydrogen-bond acceptors (Lipinski definition) is 4. The first kappa shape index (κ1) is 16.8. The Labute approximate surface area is 152 Å². The summed E-state index contributed by atoms with van der Waals surface area (Å²) in [6, 6.07) is 11.0. The van der Waals surface area contributed by atoms with E-state index in [1.807, 2.05) is 24.3 Å². The number of piperidine rings is 1. The molecule has 2 fully saturated rings. The summed E-state index contributed by atoms with van der Waals surface area (Å²) in [6.07, 6.45) is 2.28. The summed E-state index contributed by atoms with van der Waals surface area (Å²) in [6.45, 7) is 4.69. The zero-order valence-corrected chi connectivity index (χ0v) is 14.8. The number of rotatable bonds is 4. The summed E-state index contributed by atoms with van der Waals surface area (Å²) >= 11 is 0. The third kappa shape index (κ3) is 3.51. The zero-order chi connectivity index (χ0) is 18.1. The number of carbonyl (C=O) groups is 2. The van der Waals surface area contributed by atoms with Crippen LogP contribution in [-0.2, 0) is 4.79 Å². The zero-order valence-electron chi connectivity index (χ0n) is 14.8. The molecule has 1 aromatic heterocycles. The molecule has 136 valence electrons. The average molecular weight is 353 g/mol. The van der Waals surface area contributed by atoms with Crippen molar-refractivity contribution in [1.82, 2.24) is 10.2 Å². The minimum absolute atomic E-state index is 0.149. The lowest BCUT2D eigenvalue weighted by Gasteiger charge is -2.30. The van der Waals surface area contributed by atoms with Crippen LogP contribution in [0.5, 0.6) is 0 Å². The van der Waals surface area contributed by atoms with E-state index in [2.05, 4.69) is 15.5 Å². The molecule has 2 bridgehead atoms. The molecule has 0 aliphatic carbocycles. The van der Waals surface area contributed by atoms with Crippen molar-refractivity contribution < 1.29 is 14.0 Å². The number of anilines is 1. The summed E-state index contributed by atoms with van der Waals surface area (Å²) in [4.78, 5) is 26.4. The number of nitrogens with one attached hydrogen (secondary N) is 2. The van der Waals surface area contributed by atoms with Crippen molar-refractivity contribution in [3.63, 3.8) is 0 Å². The lowest BCUT2D eigenvalue weighted by Crippen LogP contribution is -2.46. The number of furan rings is 1. The monoisotopic (exact) mass is 353 g/mol. The van der Waals surface area contributed by atoms with E-state index in [4.69, 9.17) is 4.42 Å². The topological polar surface area (TPSA) is 74.6 Å². The number of para-hydroxylation sites is 1. The van der Waals surface area contributed by atoms with Crippen molar-refractivity contribution in [2.75, 3.05) is 25.0 Å². The fourth-order valence-corrected chi connectivity index (χ4v) is 4.02. The highest BCUT2D eigenvalue weighted by molar-refractivity contribution is 5.95. The van der Waals surface area contributed by atoms with E-state index >= 15 is 0 Å². The Hall–Kier alpha value is -2.60. The van der Waals surface area contributed by atoms with Crippen molar-refractivity contribution in [3.8, 4) is 11.3 Å². The summed E-state index contributed by atoms with van der Waals surface area (Å²) in [7, 11) is 0. The molecular formula is C20H23N3O3. The van der Waals surface area contributed by atoms with Crippen LogP contribution in [0.4, 0.5) is 5.69 Å². The Kier molecular flexibility index (Phi) is 4.51. The van der Waals surface area contributed by atoms with E-state index < -0.39 is 0 Å². The van der Waals surface area contributed by atoms with Gasteiger partial charge < -0.3 is 20.0 Å². The molecule has 26 heavy (non-hydrogen) atoms. The van der Waals surface area contributed by atoms with Gasteiger partial charge in [0.2, 0.25) is 5.91 Å². The summed E-state index contributed by atoms with van der Waals surface area (Å²) in [5.41, 5.74) is 1.42. The Bertz CT molecular complexity index is 817. The third-order valence-electron chi connectivity index (χ3n) is 5.13. The minimum Gasteiger partial charge on any atom is -0.451 e. The van der Waals surface area contributed by atoms with Crippen molar-refractivity contribution >= 4 is 17.5 Å². The Morgan fingerprint density at radius 1 is 1.15 bits per heavy atom. The van der Waals surface area contributed by atoms with E-state index in [9.17, 15) is 9.59 Å². The van der Waals surface area contributed by atoms with E-state index in [1.54, 1.807) is 12.1 Å². The number of benzene rings is 1. The molecule has 0 radical (unpaired) electrons. The molecule has 2 saturated heterocycles. The van der Waals surface area contributed by atoms with Gasteiger partial charge in [0.05, 0.1) is 5.69 Å². The van der Waals surface area contributed by atoms with Crippen LogP contribution in [0.25, 0.3) is 11.3 Å². The second-order valence-electron chi connectivity index (χ2n) is 7.21. The van der Waals surface area contributed by atoms with E-state index in [-0.39, 0.29) is 17.9 Å². The van der Waals surface area contributed by atoms with Crippen LogP contribution in [0.1, 0.15) is 30.3 Å². The maximum Gasteiger partial charge on any atom is 0.287 e. The lowest BCUT2D eigenvalue weighted by atomic mass is 9.97. The summed E-state index contributed by atoms with van der Waals surface area (Å²) in [5.74, 6) is 1.23. The maximum atomic E-state index is 12.6. The fourth-order valence-electron chi connectivity index (χ4n) is 4.02. The first-order chi connectivity index (χ1) is 12.6. The highest BCUT2D eigenvalue weighted by atomic mass is 16.4. The predicted octanol–water partition coefficient (Wildman–Crippen LogP) is 2.73. The average Bonchev–Trinajstić information content (AvgIpc) is 3.22. The number of amides is 2. The number of fused-ring (bicyclic) bond motifs is 2. The first-order valence-electron chi connectivity index (χ1n) is 9.08. The summed E-state index contributed by atoms with van der Waals surface area (Å²) < 4.78 is 5.79. The van der Waals surface area contributed by atoms with Gasteiger partial charge in [0.15, 0.2) is 5.76 Å². The van der Waals surface area contributed by atoms with Crippen molar-refractivity contribution in [2.24, 2.45) is 5.92 Å². The van der Waals surface area contributed by atoms with Gasteiger partial charge in [-0.15, -0.1) is 0 Å². The van der Waals surface area contributed by atoms with Crippen LogP contribution in [0, 0.1) is 5.92 Å². The van der Waals surface area contributed by atoms with Gasteiger partial charge in [-0.1, -0.05) is 12.1 Å². The Morgan fingerprint density at radius 2 is 2.00 bits per heavy atom. The fraction of sp³-hybridized carbons (Fsp3) is 0.400. The van der Waals surface area contributed by atoms with Crippen LogP contribution < -0.4 is 10.6 Å². The molecule has 2 N–H and O–H groups in total. The number of hydrogen-bond donors (Lipinski definition) is 2. The molecule has 0 saturated carbocycles. The van der Waals surface area contributed by atoms with Crippen molar-refractivity contribution in [1.29, 1.82) is 0 Å². The molecule has 3 unspecified atom stereocenters. The van der Waals surface area contributed by atoms with Crippen molar-refractivity contribution in [2.45, 2.75) is 25.8 Å². The van der Waals surface area contributed by atoms with Gasteiger partial charge in [-0.3, -0.25) is 9.59 Å². The van der Waals surface area contributed by atoms with Gasteiger partial charge in [0, 0.05) is 31.6 Å². The quantitative estimate of drug-likeness (QED) is 0.886. The highest BCUT2D eigenvalue weighted by Gasteiger charge is 2.33. The number of carbonyl (C=O) groups excluding carboxylic acids is 2. The van der Waals surface area contributed by atoms with Gasteiger partial charge in [0.25, 0.3) is 5.91 Å². The second kappa shape index (κ2) is 6.96. The van der Waals surface area contributed by atoms with Crippen LogP contribution in [-0.4, -0.2) is 42.4 Å². The van der Waals surface area contributed by atoms with Crippen LogP contribution in [0.2, 0.25) is 0 Å². The van der Waals surface area contributed by atoms with Gasteiger partial charge in [0.1, 0.15) is 5.76 Å². The molecule has 2 aromatic rings. The smallest absolute Gasteiger partial charge is 0.287 e. The normalized spacial score (nSPS) is 24.3. The van der Waals surface area contributed by atoms with E-state index in [0.717, 1.165) is 31.6 Å². The Balaban J connectivity index is 1.48. The van der Waals surface area contributed by atoms with Crippen LogP contribution >= 0.6 is 0 Å².